The highest BCUT2D eigenvalue weighted by molar-refractivity contribution is 6.33. The van der Waals surface area contributed by atoms with Gasteiger partial charge < -0.3 is 10.1 Å². The van der Waals surface area contributed by atoms with Crippen LogP contribution in [0.1, 0.15) is 49.9 Å². The van der Waals surface area contributed by atoms with Gasteiger partial charge in [-0.15, -0.1) is 0 Å². The van der Waals surface area contributed by atoms with Crippen LogP contribution in [0.15, 0.2) is 18.2 Å². The maximum Gasteiger partial charge on any atom is 0.343 e. The maximum atomic E-state index is 13.7. The molecule has 1 fully saturated rings. The molecule has 1 aliphatic rings. The number of benzene rings is 1. The smallest absolute Gasteiger partial charge is 0.343 e. The first-order chi connectivity index (χ1) is 10.9. The summed E-state index contributed by atoms with van der Waals surface area (Å²) in [5.41, 5.74) is -0.347. The molecule has 1 amide bonds. The Labute approximate surface area is 140 Å². The van der Waals surface area contributed by atoms with Gasteiger partial charge in [-0.1, -0.05) is 37.4 Å². The molecule has 0 saturated heterocycles. The van der Waals surface area contributed by atoms with Crippen LogP contribution >= 0.6 is 11.6 Å². The molecule has 4 nitrogen and oxygen atoms in total. The fourth-order valence-corrected chi connectivity index (χ4v) is 3.04. The topological polar surface area (TPSA) is 55.4 Å². The van der Waals surface area contributed by atoms with Gasteiger partial charge in [0.1, 0.15) is 11.4 Å². The van der Waals surface area contributed by atoms with Gasteiger partial charge in [0.2, 0.25) is 0 Å². The molecule has 3 atom stereocenters. The maximum absolute atomic E-state index is 13.7. The van der Waals surface area contributed by atoms with E-state index in [0.717, 1.165) is 25.3 Å². The number of esters is 1. The van der Waals surface area contributed by atoms with Gasteiger partial charge in [-0.3, -0.25) is 4.79 Å². The van der Waals surface area contributed by atoms with Crippen LogP contribution in [0.25, 0.3) is 0 Å². The van der Waals surface area contributed by atoms with E-state index in [1.807, 2.05) is 0 Å². The fraction of sp³-hybridized carbons (Fsp3) is 0.529. The molecule has 23 heavy (non-hydrogen) atoms. The first kappa shape index (κ1) is 17.7. The van der Waals surface area contributed by atoms with E-state index in [9.17, 15) is 14.0 Å². The van der Waals surface area contributed by atoms with Gasteiger partial charge in [0.25, 0.3) is 5.91 Å². The molecule has 0 bridgehead atoms. The van der Waals surface area contributed by atoms with Crippen LogP contribution in [0.2, 0.25) is 5.02 Å². The Morgan fingerprint density at radius 2 is 2.04 bits per heavy atom. The highest BCUT2D eigenvalue weighted by atomic mass is 35.5. The number of carbonyl (C=O) groups excluding carboxylic acids is 2. The van der Waals surface area contributed by atoms with Crippen molar-refractivity contribution < 1.29 is 18.7 Å². The van der Waals surface area contributed by atoms with E-state index >= 15 is 0 Å². The van der Waals surface area contributed by atoms with E-state index < -0.39 is 17.9 Å². The van der Waals surface area contributed by atoms with E-state index in [0.29, 0.717) is 5.92 Å². The number of amides is 1. The van der Waals surface area contributed by atoms with Crippen molar-refractivity contribution in [2.75, 3.05) is 0 Å². The molecule has 0 aliphatic heterocycles. The second kappa shape index (κ2) is 7.77. The van der Waals surface area contributed by atoms with Crippen molar-refractivity contribution in [2.24, 2.45) is 5.92 Å². The zero-order valence-electron chi connectivity index (χ0n) is 13.3. The molecule has 0 spiro atoms. The van der Waals surface area contributed by atoms with E-state index in [2.05, 4.69) is 12.2 Å². The summed E-state index contributed by atoms with van der Waals surface area (Å²) in [6, 6.07) is 4.01. The number of hydrogen-bond donors (Lipinski definition) is 1. The normalized spacial score (nSPS) is 22.3. The van der Waals surface area contributed by atoms with Gasteiger partial charge in [-0.2, -0.15) is 0 Å². The van der Waals surface area contributed by atoms with Crippen molar-refractivity contribution in [1.82, 2.24) is 5.32 Å². The third-order valence-corrected chi connectivity index (χ3v) is 4.57. The molecule has 1 aromatic rings. The second-order valence-electron chi connectivity index (χ2n) is 6.02. The average Bonchev–Trinajstić information content (AvgIpc) is 2.49. The third-order valence-electron chi connectivity index (χ3n) is 4.26. The Balaban J connectivity index is 1.96. The summed E-state index contributed by atoms with van der Waals surface area (Å²) in [6.45, 7) is 3.56. The van der Waals surface area contributed by atoms with Crippen molar-refractivity contribution in [3.05, 3.63) is 34.6 Å². The molecule has 1 saturated carbocycles. The molecule has 6 heteroatoms. The molecule has 0 radical (unpaired) electrons. The van der Waals surface area contributed by atoms with Gasteiger partial charge in [-0.05, 0) is 37.8 Å². The van der Waals surface area contributed by atoms with Gasteiger partial charge >= 0.3 is 5.97 Å². The van der Waals surface area contributed by atoms with Crippen molar-refractivity contribution in [3.8, 4) is 0 Å². The van der Waals surface area contributed by atoms with Crippen LogP contribution in [-0.4, -0.2) is 24.0 Å². The SMILES string of the molecule is C[C@@H](OC(=O)c1c(F)cccc1Cl)C(=O)N[C@H]1CCCC[C@@H]1C. The molecule has 1 N–H and O–H groups in total. The lowest BCUT2D eigenvalue weighted by Crippen LogP contribution is -2.46. The van der Waals surface area contributed by atoms with Crippen molar-refractivity contribution in [2.45, 2.75) is 51.7 Å². The van der Waals surface area contributed by atoms with Crippen molar-refractivity contribution in [3.63, 3.8) is 0 Å². The van der Waals surface area contributed by atoms with Crippen LogP contribution in [-0.2, 0) is 9.53 Å². The lowest BCUT2D eigenvalue weighted by molar-refractivity contribution is -0.130. The van der Waals surface area contributed by atoms with Crippen LogP contribution in [0.3, 0.4) is 0 Å². The van der Waals surface area contributed by atoms with Crippen molar-refractivity contribution >= 4 is 23.5 Å². The predicted octanol–water partition coefficient (Wildman–Crippen LogP) is 3.72. The van der Waals surface area contributed by atoms with Crippen LogP contribution in [0.4, 0.5) is 4.39 Å². The zero-order valence-corrected chi connectivity index (χ0v) is 14.0. The molecule has 1 aromatic carbocycles. The molecule has 2 rings (SSSR count). The summed E-state index contributed by atoms with van der Waals surface area (Å²) < 4.78 is 18.8. The Hall–Kier alpha value is -1.62. The molecule has 0 aromatic heterocycles. The fourth-order valence-electron chi connectivity index (χ4n) is 2.80. The first-order valence-electron chi connectivity index (χ1n) is 7.85. The summed E-state index contributed by atoms with van der Waals surface area (Å²) in [6.07, 6.45) is 3.24. The number of rotatable bonds is 4. The van der Waals surface area contributed by atoms with Gasteiger partial charge in [0.15, 0.2) is 6.10 Å². The summed E-state index contributed by atoms with van der Waals surface area (Å²) in [5, 5.41) is 2.87. The highest BCUT2D eigenvalue weighted by Gasteiger charge is 2.27. The number of halogens is 2. The number of hydrogen-bond acceptors (Lipinski definition) is 3. The van der Waals surface area contributed by atoms with Gasteiger partial charge in [0, 0.05) is 6.04 Å². The molecular weight excluding hydrogens is 321 g/mol. The van der Waals surface area contributed by atoms with Crippen LogP contribution in [0, 0.1) is 11.7 Å². The summed E-state index contributed by atoms with van der Waals surface area (Å²) in [5.74, 6) is -1.68. The molecule has 0 heterocycles. The Bertz CT molecular complexity index is 573. The molecule has 126 valence electrons. The quantitative estimate of drug-likeness (QED) is 0.849. The summed E-state index contributed by atoms with van der Waals surface area (Å²) in [4.78, 5) is 24.2. The molecule has 0 unspecified atom stereocenters. The second-order valence-corrected chi connectivity index (χ2v) is 6.43. The zero-order chi connectivity index (χ0) is 17.0. The predicted molar refractivity (Wildman–Crippen MR) is 85.9 cm³/mol. The first-order valence-corrected chi connectivity index (χ1v) is 8.23. The Kier molecular flexibility index (Phi) is 5.99. The minimum Gasteiger partial charge on any atom is -0.449 e. The van der Waals surface area contributed by atoms with E-state index in [-0.39, 0.29) is 22.5 Å². The Morgan fingerprint density at radius 3 is 2.70 bits per heavy atom. The number of carbonyl (C=O) groups is 2. The minimum atomic E-state index is -1.01. The highest BCUT2D eigenvalue weighted by Crippen LogP contribution is 2.24. The van der Waals surface area contributed by atoms with Gasteiger partial charge in [-0.25, -0.2) is 9.18 Å². The van der Waals surface area contributed by atoms with Crippen LogP contribution in [0.5, 0.6) is 0 Å². The molecular formula is C17H21ClFNO3. The third kappa shape index (κ3) is 4.44. The lowest BCUT2D eigenvalue weighted by atomic mass is 9.86. The average molecular weight is 342 g/mol. The number of ether oxygens (including phenoxy) is 1. The Morgan fingerprint density at radius 1 is 1.35 bits per heavy atom. The summed E-state index contributed by atoms with van der Waals surface area (Å²) in [7, 11) is 0. The standard InChI is InChI=1S/C17H21ClFNO3/c1-10-6-3-4-9-14(10)20-16(21)11(2)23-17(22)15-12(18)7-5-8-13(15)19/h5,7-8,10-11,14H,3-4,6,9H2,1-2H3,(H,20,21)/t10-,11+,14-/m0/s1. The lowest BCUT2D eigenvalue weighted by Gasteiger charge is -2.30. The monoisotopic (exact) mass is 341 g/mol. The van der Waals surface area contributed by atoms with E-state index in [4.69, 9.17) is 16.3 Å². The van der Waals surface area contributed by atoms with Gasteiger partial charge in [0.05, 0.1) is 5.02 Å². The summed E-state index contributed by atoms with van der Waals surface area (Å²) >= 11 is 5.82. The van der Waals surface area contributed by atoms with E-state index in [1.165, 1.54) is 25.5 Å². The largest absolute Gasteiger partial charge is 0.449 e. The van der Waals surface area contributed by atoms with Crippen LogP contribution < -0.4 is 5.32 Å². The van der Waals surface area contributed by atoms with E-state index in [1.54, 1.807) is 0 Å². The van der Waals surface area contributed by atoms with Crippen molar-refractivity contribution in [1.29, 1.82) is 0 Å². The molecule has 1 aliphatic carbocycles. The number of nitrogens with one attached hydrogen (secondary N) is 1. The minimum absolute atomic E-state index is 0.0384.